The summed E-state index contributed by atoms with van der Waals surface area (Å²) in [5.41, 5.74) is 3.27. The molecule has 1 N–H and O–H groups in total. The lowest BCUT2D eigenvalue weighted by Crippen LogP contribution is -2.12. The van der Waals surface area contributed by atoms with Crippen molar-refractivity contribution in [3.63, 3.8) is 0 Å². The van der Waals surface area contributed by atoms with Gasteiger partial charge in [-0.2, -0.15) is 5.26 Å². The number of amides is 1. The van der Waals surface area contributed by atoms with Crippen LogP contribution in [0.3, 0.4) is 0 Å². The van der Waals surface area contributed by atoms with Crippen molar-refractivity contribution >= 4 is 23.4 Å². The van der Waals surface area contributed by atoms with Gasteiger partial charge in [0.05, 0.1) is 0 Å². The highest BCUT2D eigenvalue weighted by Crippen LogP contribution is 2.22. The van der Waals surface area contributed by atoms with Crippen LogP contribution < -0.4 is 10.1 Å². The average Bonchev–Trinajstić information content (AvgIpc) is 2.57. The molecule has 0 aliphatic rings. The van der Waals surface area contributed by atoms with Crippen molar-refractivity contribution < 1.29 is 9.53 Å². The molecular formula is C19H20N2O2S. The van der Waals surface area contributed by atoms with Gasteiger partial charge in [-0.1, -0.05) is 6.07 Å². The fourth-order valence-corrected chi connectivity index (χ4v) is 2.99. The summed E-state index contributed by atoms with van der Waals surface area (Å²) < 4.78 is 5.17. The van der Waals surface area contributed by atoms with E-state index in [1.54, 1.807) is 36.0 Å². The fraction of sp³-hybridized carbons (Fsp3) is 0.263. The van der Waals surface area contributed by atoms with Crippen LogP contribution in [0.2, 0.25) is 0 Å². The molecule has 4 nitrogen and oxygen atoms in total. The fourth-order valence-electron chi connectivity index (χ4n) is 2.04. The van der Waals surface area contributed by atoms with E-state index in [0.717, 1.165) is 11.4 Å². The predicted octanol–water partition coefficient (Wildman–Crippen LogP) is 4.33. The number of carbonyl (C=O) groups excluding carboxylic acids is 1. The summed E-state index contributed by atoms with van der Waals surface area (Å²) in [5, 5.41) is 11.3. The Morgan fingerprint density at radius 3 is 2.58 bits per heavy atom. The molecule has 0 saturated carbocycles. The van der Waals surface area contributed by atoms with E-state index in [2.05, 4.69) is 37.4 Å². The first kappa shape index (κ1) is 17.9. The number of nitriles is 1. The molecule has 0 unspecified atom stereocenters. The number of thioether (sulfide) groups is 1. The van der Waals surface area contributed by atoms with Gasteiger partial charge in [-0.05, 0) is 61.4 Å². The smallest absolute Gasteiger partial charge is 0.225 e. The first-order chi connectivity index (χ1) is 11.6. The molecule has 1 amide bonds. The molecular weight excluding hydrogens is 320 g/mol. The van der Waals surface area contributed by atoms with Crippen molar-refractivity contribution in [1.29, 1.82) is 5.26 Å². The summed E-state index contributed by atoms with van der Waals surface area (Å²) in [6, 6.07) is 15.3. The Morgan fingerprint density at radius 2 is 1.92 bits per heavy atom. The van der Waals surface area contributed by atoms with Gasteiger partial charge in [0.2, 0.25) is 5.91 Å². The number of carbonyl (C=O) groups is 1. The maximum absolute atomic E-state index is 12.0. The Labute approximate surface area is 146 Å². The van der Waals surface area contributed by atoms with Gasteiger partial charge >= 0.3 is 0 Å². The standard InChI is InChI=1S/C19H20N2O2S/c1-14-3-8-18(13-15(14)2)24-12-9-19(22)21-16-4-6-17(7-5-16)23-11-10-20/h3-8,13H,9,11-12H2,1-2H3,(H,21,22). The quantitative estimate of drug-likeness (QED) is 0.762. The minimum absolute atomic E-state index is 0.0153. The zero-order chi connectivity index (χ0) is 17.4. The molecule has 0 radical (unpaired) electrons. The molecule has 24 heavy (non-hydrogen) atoms. The molecule has 2 aromatic carbocycles. The van der Waals surface area contributed by atoms with Crippen LogP contribution in [0, 0.1) is 25.2 Å². The molecule has 124 valence electrons. The van der Waals surface area contributed by atoms with Crippen LogP contribution in [0.25, 0.3) is 0 Å². The molecule has 0 spiro atoms. The predicted molar refractivity (Wildman–Crippen MR) is 97.4 cm³/mol. The van der Waals surface area contributed by atoms with Gasteiger partial charge in [0.25, 0.3) is 0 Å². The topological polar surface area (TPSA) is 62.1 Å². The molecule has 0 aliphatic heterocycles. The van der Waals surface area contributed by atoms with Crippen LogP contribution in [0.4, 0.5) is 5.69 Å². The van der Waals surface area contributed by atoms with Gasteiger partial charge in [-0.3, -0.25) is 4.79 Å². The van der Waals surface area contributed by atoms with E-state index in [1.165, 1.54) is 16.0 Å². The lowest BCUT2D eigenvalue weighted by atomic mass is 10.1. The van der Waals surface area contributed by atoms with Gasteiger partial charge in [0.1, 0.15) is 11.8 Å². The normalized spacial score (nSPS) is 10.0. The molecule has 0 bridgehead atoms. The highest BCUT2D eigenvalue weighted by Gasteiger charge is 2.04. The maximum Gasteiger partial charge on any atom is 0.225 e. The van der Waals surface area contributed by atoms with Crippen LogP contribution >= 0.6 is 11.8 Å². The highest BCUT2D eigenvalue weighted by atomic mass is 32.2. The van der Waals surface area contributed by atoms with Crippen LogP contribution in [0.15, 0.2) is 47.4 Å². The summed E-state index contributed by atoms with van der Waals surface area (Å²) in [7, 11) is 0. The van der Waals surface area contributed by atoms with E-state index < -0.39 is 0 Å². The number of hydrogen-bond donors (Lipinski definition) is 1. The molecule has 5 heteroatoms. The van der Waals surface area contributed by atoms with Gasteiger partial charge in [0.15, 0.2) is 6.61 Å². The first-order valence-electron chi connectivity index (χ1n) is 7.68. The van der Waals surface area contributed by atoms with E-state index in [0.29, 0.717) is 12.2 Å². The minimum Gasteiger partial charge on any atom is -0.479 e. The van der Waals surface area contributed by atoms with E-state index >= 15 is 0 Å². The second-order valence-electron chi connectivity index (χ2n) is 5.36. The van der Waals surface area contributed by atoms with E-state index in [-0.39, 0.29) is 12.5 Å². The molecule has 0 aliphatic carbocycles. The Morgan fingerprint density at radius 1 is 1.17 bits per heavy atom. The number of aryl methyl sites for hydroxylation is 2. The largest absolute Gasteiger partial charge is 0.479 e. The summed E-state index contributed by atoms with van der Waals surface area (Å²) in [6.07, 6.45) is 0.449. The van der Waals surface area contributed by atoms with Crippen molar-refractivity contribution in [3.05, 3.63) is 53.6 Å². The van der Waals surface area contributed by atoms with Crippen LogP contribution in [0.5, 0.6) is 5.75 Å². The Bertz CT molecular complexity index is 736. The summed E-state index contributed by atoms with van der Waals surface area (Å²) in [6.45, 7) is 4.20. The molecule has 0 heterocycles. The van der Waals surface area contributed by atoms with Crippen LogP contribution in [-0.2, 0) is 4.79 Å². The second-order valence-corrected chi connectivity index (χ2v) is 6.53. The molecule has 2 aromatic rings. The molecule has 0 fully saturated rings. The highest BCUT2D eigenvalue weighted by molar-refractivity contribution is 7.99. The second kappa shape index (κ2) is 8.99. The van der Waals surface area contributed by atoms with Gasteiger partial charge < -0.3 is 10.1 Å². The van der Waals surface area contributed by atoms with Gasteiger partial charge in [0, 0.05) is 22.8 Å². The van der Waals surface area contributed by atoms with Gasteiger partial charge in [-0.15, -0.1) is 11.8 Å². The third-order valence-electron chi connectivity index (χ3n) is 3.52. The average molecular weight is 340 g/mol. The van der Waals surface area contributed by atoms with Gasteiger partial charge in [-0.25, -0.2) is 0 Å². The summed E-state index contributed by atoms with van der Waals surface area (Å²) in [4.78, 5) is 13.2. The van der Waals surface area contributed by atoms with E-state index in [9.17, 15) is 4.79 Å². The molecule has 0 atom stereocenters. The molecule has 0 aromatic heterocycles. The Hall–Kier alpha value is -2.45. The zero-order valence-electron chi connectivity index (χ0n) is 13.8. The van der Waals surface area contributed by atoms with Crippen molar-refractivity contribution in [2.75, 3.05) is 17.7 Å². The number of anilines is 1. The molecule has 0 saturated heterocycles. The number of benzene rings is 2. The number of nitrogens with one attached hydrogen (secondary N) is 1. The third-order valence-corrected chi connectivity index (χ3v) is 4.51. The van der Waals surface area contributed by atoms with E-state index in [1.807, 2.05) is 6.07 Å². The van der Waals surface area contributed by atoms with Crippen molar-refractivity contribution in [1.82, 2.24) is 0 Å². The number of ether oxygens (including phenoxy) is 1. The SMILES string of the molecule is Cc1ccc(SCCC(=O)Nc2ccc(OCC#N)cc2)cc1C. The molecule has 2 rings (SSSR count). The number of hydrogen-bond acceptors (Lipinski definition) is 4. The minimum atomic E-state index is -0.0166. The number of nitrogens with zero attached hydrogens (tertiary/aromatic N) is 1. The Kier molecular flexibility index (Phi) is 6.71. The zero-order valence-corrected chi connectivity index (χ0v) is 14.7. The maximum atomic E-state index is 12.0. The van der Waals surface area contributed by atoms with Crippen molar-refractivity contribution in [2.45, 2.75) is 25.2 Å². The van der Waals surface area contributed by atoms with Crippen LogP contribution in [-0.4, -0.2) is 18.3 Å². The van der Waals surface area contributed by atoms with Crippen molar-refractivity contribution in [2.24, 2.45) is 0 Å². The summed E-state index contributed by atoms with van der Waals surface area (Å²) in [5.74, 6) is 1.33. The van der Waals surface area contributed by atoms with E-state index in [4.69, 9.17) is 10.00 Å². The monoisotopic (exact) mass is 340 g/mol. The van der Waals surface area contributed by atoms with Crippen LogP contribution in [0.1, 0.15) is 17.5 Å². The van der Waals surface area contributed by atoms with Crippen molar-refractivity contribution in [3.8, 4) is 11.8 Å². The summed E-state index contributed by atoms with van der Waals surface area (Å²) >= 11 is 1.68. The first-order valence-corrected chi connectivity index (χ1v) is 8.67. The Balaban J connectivity index is 1.76. The lowest BCUT2D eigenvalue weighted by Gasteiger charge is -2.07. The number of rotatable bonds is 7. The lowest BCUT2D eigenvalue weighted by molar-refractivity contribution is -0.115. The third kappa shape index (κ3) is 5.64.